The molecule has 0 aromatic carbocycles. The Labute approximate surface area is 71.4 Å². The van der Waals surface area contributed by atoms with E-state index in [4.69, 9.17) is 0 Å². The maximum atomic E-state index is 10.8. The number of Topliss-reactive ketones (excluding diaryl/α,β-unsaturated/α-hetero) is 1. The fourth-order valence-electron chi connectivity index (χ4n) is 0.691. The zero-order chi connectivity index (χ0) is 7.72. The molecule has 1 rings (SSSR count). The topological polar surface area (TPSA) is 30.0 Å². The minimum atomic E-state index is 0.0273. The van der Waals surface area contributed by atoms with Crippen LogP contribution in [0.2, 0.25) is 0 Å². The summed E-state index contributed by atoms with van der Waals surface area (Å²) in [6, 6.07) is 0. The van der Waals surface area contributed by atoms with Crippen LogP contribution in [-0.2, 0) is 0 Å². The van der Waals surface area contributed by atoms with Crippen molar-refractivity contribution in [2.75, 3.05) is 0 Å². The predicted octanol–water partition coefficient (Wildman–Crippen LogP) is 2.42. The van der Waals surface area contributed by atoms with Gasteiger partial charge in [-0.3, -0.25) is 4.79 Å². The number of hydrogen-bond acceptors (Lipinski definition) is 3. The van der Waals surface area contributed by atoms with Crippen molar-refractivity contribution in [2.45, 2.75) is 13.8 Å². The first kappa shape index (κ1) is 7.88. The molecule has 10 heavy (non-hydrogen) atoms. The van der Waals surface area contributed by atoms with Crippen LogP contribution in [0.25, 0.3) is 0 Å². The molecule has 0 aliphatic heterocycles. The van der Waals surface area contributed by atoms with E-state index in [0.717, 1.165) is 8.79 Å². The van der Waals surface area contributed by atoms with E-state index in [1.165, 1.54) is 18.3 Å². The van der Waals surface area contributed by atoms with Gasteiger partial charge in [-0.25, -0.2) is 4.98 Å². The number of halogens is 1. The fraction of sp³-hybridized carbons (Fsp3) is 0.333. The van der Waals surface area contributed by atoms with Crippen LogP contribution in [0.1, 0.15) is 22.3 Å². The molecule has 0 unspecified atom stereocenters. The molecule has 1 aromatic heterocycles. The number of ketones is 1. The van der Waals surface area contributed by atoms with Gasteiger partial charge >= 0.3 is 0 Å². The fourth-order valence-corrected chi connectivity index (χ4v) is 2.27. The molecule has 4 heteroatoms. The summed E-state index contributed by atoms with van der Waals surface area (Å²) in [5.41, 5.74) is 0.580. The van der Waals surface area contributed by atoms with E-state index in [0.29, 0.717) is 5.69 Å². The lowest BCUT2D eigenvalue weighted by Crippen LogP contribution is -1.93. The van der Waals surface area contributed by atoms with Crippen molar-refractivity contribution in [1.82, 2.24) is 4.98 Å². The molecule has 1 heterocycles. The molecule has 54 valence electrons. The Balaban J connectivity index is 3.15. The van der Waals surface area contributed by atoms with Gasteiger partial charge in [0.1, 0.15) is 5.69 Å². The number of nitrogens with zero attached hydrogens (tertiary/aromatic N) is 1. The number of hydrogen-bond donors (Lipinski definition) is 0. The number of carbonyl (C=O) groups is 1. The zero-order valence-corrected chi connectivity index (χ0v) is 8.04. The highest BCUT2D eigenvalue weighted by molar-refractivity contribution is 9.11. The van der Waals surface area contributed by atoms with Crippen LogP contribution < -0.4 is 0 Å². The molecule has 1 aromatic rings. The highest BCUT2D eigenvalue weighted by Crippen LogP contribution is 2.22. The molecule has 0 amide bonds. The van der Waals surface area contributed by atoms with E-state index in [1.807, 2.05) is 6.92 Å². The number of thiazole rings is 1. The summed E-state index contributed by atoms with van der Waals surface area (Å²) in [7, 11) is 0. The number of carbonyl (C=O) groups excluding carboxylic acids is 1. The van der Waals surface area contributed by atoms with E-state index in [-0.39, 0.29) is 5.78 Å². The summed E-state index contributed by atoms with van der Waals surface area (Å²) in [6.45, 7) is 3.41. The lowest BCUT2D eigenvalue weighted by Gasteiger charge is -1.85. The SMILES string of the molecule is CC(=O)c1nc(Br)sc1C. The molecule has 0 saturated carbocycles. The molecule has 0 saturated heterocycles. The third-order valence-corrected chi connectivity index (χ3v) is 2.53. The van der Waals surface area contributed by atoms with Gasteiger partial charge in [0.05, 0.1) is 0 Å². The van der Waals surface area contributed by atoms with Crippen molar-refractivity contribution in [1.29, 1.82) is 0 Å². The van der Waals surface area contributed by atoms with Crippen LogP contribution in [0, 0.1) is 6.92 Å². The Morgan fingerprint density at radius 1 is 1.70 bits per heavy atom. The minimum absolute atomic E-state index is 0.0273. The standard InChI is InChI=1S/C6H6BrNOS/c1-3(9)5-4(2)10-6(7)8-5/h1-2H3. The largest absolute Gasteiger partial charge is 0.293 e. The summed E-state index contributed by atoms with van der Waals surface area (Å²) >= 11 is 4.69. The molecule has 0 N–H and O–H groups in total. The van der Waals surface area contributed by atoms with Gasteiger partial charge in [0.15, 0.2) is 9.70 Å². The lowest BCUT2D eigenvalue weighted by molar-refractivity contribution is 0.101. The molecule has 0 aliphatic carbocycles. The van der Waals surface area contributed by atoms with Crippen LogP contribution in [0.4, 0.5) is 0 Å². The smallest absolute Gasteiger partial charge is 0.179 e. The number of rotatable bonds is 1. The van der Waals surface area contributed by atoms with Crippen LogP contribution in [0.15, 0.2) is 3.92 Å². The van der Waals surface area contributed by atoms with Crippen LogP contribution in [0.3, 0.4) is 0 Å². The van der Waals surface area contributed by atoms with Gasteiger partial charge in [-0.15, -0.1) is 11.3 Å². The van der Waals surface area contributed by atoms with Crippen molar-refractivity contribution in [3.63, 3.8) is 0 Å². The molecule has 0 aliphatic rings. The first-order chi connectivity index (χ1) is 4.61. The van der Waals surface area contributed by atoms with E-state index in [2.05, 4.69) is 20.9 Å². The summed E-state index contributed by atoms with van der Waals surface area (Å²) in [6.07, 6.45) is 0. The van der Waals surface area contributed by atoms with Crippen molar-refractivity contribution >= 4 is 33.0 Å². The Morgan fingerprint density at radius 3 is 2.50 bits per heavy atom. The normalized spacial score (nSPS) is 9.90. The Bertz CT molecular complexity index is 269. The third-order valence-electron chi connectivity index (χ3n) is 1.10. The van der Waals surface area contributed by atoms with Gasteiger partial charge in [-0.05, 0) is 22.9 Å². The average molecular weight is 220 g/mol. The summed E-state index contributed by atoms with van der Waals surface area (Å²) in [4.78, 5) is 15.8. The second-order valence-electron chi connectivity index (χ2n) is 1.93. The second kappa shape index (κ2) is 2.80. The van der Waals surface area contributed by atoms with Crippen molar-refractivity contribution in [3.05, 3.63) is 14.5 Å². The maximum absolute atomic E-state index is 10.8. The molecule has 0 spiro atoms. The van der Waals surface area contributed by atoms with Gasteiger partial charge < -0.3 is 0 Å². The molecule has 0 fully saturated rings. The molecular formula is C6H6BrNOS. The van der Waals surface area contributed by atoms with Crippen molar-refractivity contribution < 1.29 is 4.79 Å². The monoisotopic (exact) mass is 219 g/mol. The summed E-state index contributed by atoms with van der Waals surface area (Å²) < 4.78 is 0.773. The Morgan fingerprint density at radius 2 is 2.30 bits per heavy atom. The molecule has 2 nitrogen and oxygen atoms in total. The van der Waals surface area contributed by atoms with Crippen molar-refractivity contribution in [3.8, 4) is 0 Å². The van der Waals surface area contributed by atoms with E-state index in [1.54, 1.807) is 0 Å². The first-order valence-electron chi connectivity index (χ1n) is 2.75. The van der Waals surface area contributed by atoms with Gasteiger partial charge in [0.25, 0.3) is 0 Å². The number of aryl methyl sites for hydroxylation is 1. The van der Waals surface area contributed by atoms with Crippen LogP contribution in [0.5, 0.6) is 0 Å². The summed E-state index contributed by atoms with van der Waals surface area (Å²) in [5.74, 6) is 0.0273. The van der Waals surface area contributed by atoms with Gasteiger partial charge in [0, 0.05) is 11.8 Å². The van der Waals surface area contributed by atoms with Crippen LogP contribution in [-0.4, -0.2) is 10.8 Å². The highest BCUT2D eigenvalue weighted by atomic mass is 79.9. The average Bonchev–Trinajstić information content (AvgIpc) is 2.10. The third kappa shape index (κ3) is 1.44. The van der Waals surface area contributed by atoms with Gasteiger partial charge in [-0.1, -0.05) is 0 Å². The van der Waals surface area contributed by atoms with Gasteiger partial charge in [-0.2, -0.15) is 0 Å². The molecule has 0 bridgehead atoms. The van der Waals surface area contributed by atoms with Crippen LogP contribution >= 0.6 is 27.3 Å². The van der Waals surface area contributed by atoms with E-state index < -0.39 is 0 Å². The van der Waals surface area contributed by atoms with E-state index >= 15 is 0 Å². The number of aromatic nitrogens is 1. The molecule has 0 radical (unpaired) electrons. The predicted molar refractivity (Wildman–Crippen MR) is 44.6 cm³/mol. The Kier molecular flexibility index (Phi) is 2.21. The van der Waals surface area contributed by atoms with E-state index in [9.17, 15) is 4.79 Å². The summed E-state index contributed by atoms with van der Waals surface area (Å²) in [5, 5.41) is 0. The van der Waals surface area contributed by atoms with Crippen molar-refractivity contribution in [2.24, 2.45) is 0 Å². The highest BCUT2D eigenvalue weighted by Gasteiger charge is 2.08. The lowest BCUT2D eigenvalue weighted by atomic mass is 10.3. The molecule has 0 atom stereocenters. The maximum Gasteiger partial charge on any atom is 0.179 e. The quantitative estimate of drug-likeness (QED) is 0.680. The first-order valence-corrected chi connectivity index (χ1v) is 4.36. The molecular weight excluding hydrogens is 214 g/mol. The zero-order valence-electron chi connectivity index (χ0n) is 5.64. The minimum Gasteiger partial charge on any atom is -0.293 e. The Hall–Kier alpha value is -0.220. The van der Waals surface area contributed by atoms with Gasteiger partial charge in [0.2, 0.25) is 0 Å². The second-order valence-corrected chi connectivity index (χ2v) is 4.41.